The zero-order valence-corrected chi connectivity index (χ0v) is 9.92. The maximum absolute atomic E-state index is 12.7. The Labute approximate surface area is 105 Å². The van der Waals surface area contributed by atoms with Crippen LogP contribution in [-0.4, -0.2) is 17.0 Å². The minimum atomic E-state index is -4.59. The van der Waals surface area contributed by atoms with Gasteiger partial charge in [0.15, 0.2) is 0 Å². The fourth-order valence-corrected chi connectivity index (χ4v) is 1.97. The van der Waals surface area contributed by atoms with Gasteiger partial charge in [0.2, 0.25) is 0 Å². The van der Waals surface area contributed by atoms with Gasteiger partial charge in [0.1, 0.15) is 0 Å². The summed E-state index contributed by atoms with van der Waals surface area (Å²) >= 11 is 7.12. The molecule has 2 rings (SSSR count). The molecule has 1 aromatic carbocycles. The van der Waals surface area contributed by atoms with Crippen molar-refractivity contribution in [2.75, 3.05) is 5.75 Å². The van der Waals surface area contributed by atoms with Crippen molar-refractivity contribution in [1.29, 1.82) is 0 Å². The lowest BCUT2D eigenvalue weighted by atomic mass is 10.1. The third-order valence-corrected chi connectivity index (χ3v) is 3.27. The van der Waals surface area contributed by atoms with Gasteiger partial charge in [-0.1, -0.05) is 17.7 Å². The highest BCUT2D eigenvalue weighted by atomic mass is 35.5. The van der Waals surface area contributed by atoms with Crippen molar-refractivity contribution in [1.82, 2.24) is 5.32 Å². The number of benzene rings is 1. The average Bonchev–Trinajstić information content (AvgIpc) is 2.99. The number of alkyl halides is 3. The molecule has 0 aromatic heterocycles. The predicted octanol–water partition coefficient (Wildman–Crippen LogP) is 3.16. The van der Waals surface area contributed by atoms with Crippen LogP contribution in [0.1, 0.15) is 15.9 Å². The molecule has 0 radical (unpaired) electrons. The molecule has 1 amide bonds. The lowest BCUT2D eigenvalue weighted by molar-refractivity contribution is -0.137. The van der Waals surface area contributed by atoms with Gasteiger partial charge in [-0.2, -0.15) is 13.2 Å². The lowest BCUT2D eigenvalue weighted by Gasteiger charge is -2.13. The molecular formula is C10H7ClF3NOS. The van der Waals surface area contributed by atoms with E-state index in [1.165, 1.54) is 23.9 Å². The van der Waals surface area contributed by atoms with Crippen molar-refractivity contribution in [2.45, 2.75) is 11.6 Å². The maximum atomic E-state index is 12.7. The third-order valence-electron chi connectivity index (χ3n) is 2.17. The number of amides is 1. The van der Waals surface area contributed by atoms with E-state index in [1.807, 2.05) is 0 Å². The summed E-state index contributed by atoms with van der Waals surface area (Å²) in [6, 6.07) is 3.29. The number of carbonyl (C=O) groups excluding carboxylic acids is 1. The van der Waals surface area contributed by atoms with Crippen LogP contribution in [0.25, 0.3) is 0 Å². The van der Waals surface area contributed by atoms with Crippen molar-refractivity contribution in [3.8, 4) is 0 Å². The average molecular weight is 282 g/mol. The Morgan fingerprint density at radius 3 is 2.65 bits per heavy atom. The van der Waals surface area contributed by atoms with E-state index >= 15 is 0 Å². The van der Waals surface area contributed by atoms with Crippen LogP contribution in [0.4, 0.5) is 13.2 Å². The zero-order valence-electron chi connectivity index (χ0n) is 8.34. The van der Waals surface area contributed by atoms with Gasteiger partial charge in [-0.3, -0.25) is 4.79 Å². The SMILES string of the molecule is O=C(NC1CS1)c1c(Cl)cccc1C(F)(F)F. The molecule has 0 spiro atoms. The number of halogens is 4. The van der Waals surface area contributed by atoms with Gasteiger partial charge in [0, 0.05) is 5.75 Å². The summed E-state index contributed by atoms with van der Waals surface area (Å²) in [4.78, 5) is 11.7. The van der Waals surface area contributed by atoms with E-state index < -0.39 is 23.2 Å². The number of rotatable bonds is 2. The van der Waals surface area contributed by atoms with Gasteiger partial charge in [-0.05, 0) is 12.1 Å². The monoisotopic (exact) mass is 281 g/mol. The summed E-state index contributed by atoms with van der Waals surface area (Å²) in [6.07, 6.45) is -4.59. The van der Waals surface area contributed by atoms with E-state index in [1.54, 1.807) is 0 Å². The van der Waals surface area contributed by atoms with E-state index in [9.17, 15) is 18.0 Å². The molecule has 17 heavy (non-hydrogen) atoms. The Morgan fingerprint density at radius 1 is 1.47 bits per heavy atom. The van der Waals surface area contributed by atoms with E-state index in [0.29, 0.717) is 0 Å². The number of nitrogens with one attached hydrogen (secondary N) is 1. The Hall–Kier alpha value is -0.880. The van der Waals surface area contributed by atoms with Crippen LogP contribution in [0.2, 0.25) is 5.02 Å². The second-order valence-corrected chi connectivity index (χ2v) is 5.10. The van der Waals surface area contributed by atoms with Crippen molar-refractivity contribution >= 4 is 29.3 Å². The molecule has 1 aliphatic heterocycles. The summed E-state index contributed by atoms with van der Waals surface area (Å²) in [5.41, 5.74) is -1.51. The molecule has 1 fully saturated rings. The van der Waals surface area contributed by atoms with Gasteiger partial charge in [-0.25, -0.2) is 0 Å². The zero-order chi connectivity index (χ0) is 12.6. The summed E-state index contributed by atoms with van der Waals surface area (Å²) in [7, 11) is 0. The molecule has 1 saturated heterocycles. The van der Waals surface area contributed by atoms with Crippen molar-refractivity contribution in [3.05, 3.63) is 34.3 Å². The third kappa shape index (κ3) is 2.87. The molecule has 0 saturated carbocycles. The van der Waals surface area contributed by atoms with Gasteiger partial charge in [0.05, 0.1) is 21.5 Å². The predicted molar refractivity (Wildman–Crippen MR) is 60.2 cm³/mol. The number of hydrogen-bond donors (Lipinski definition) is 1. The Morgan fingerprint density at radius 2 is 2.12 bits per heavy atom. The smallest absolute Gasteiger partial charge is 0.339 e. The van der Waals surface area contributed by atoms with Gasteiger partial charge < -0.3 is 5.32 Å². The number of hydrogen-bond acceptors (Lipinski definition) is 2. The molecular weight excluding hydrogens is 275 g/mol. The minimum absolute atomic E-state index is 0.0974. The summed E-state index contributed by atoms with van der Waals surface area (Å²) < 4.78 is 38.1. The first kappa shape index (κ1) is 12.6. The van der Waals surface area contributed by atoms with Crippen LogP contribution in [0, 0.1) is 0 Å². The van der Waals surface area contributed by atoms with E-state index in [0.717, 1.165) is 11.8 Å². The number of carbonyl (C=O) groups is 1. The van der Waals surface area contributed by atoms with Gasteiger partial charge in [-0.15, -0.1) is 11.8 Å². The van der Waals surface area contributed by atoms with Crippen molar-refractivity contribution in [3.63, 3.8) is 0 Å². The topological polar surface area (TPSA) is 29.1 Å². The molecule has 0 bridgehead atoms. The Bertz CT molecular complexity index is 459. The van der Waals surface area contributed by atoms with Gasteiger partial charge in [0.25, 0.3) is 5.91 Å². The first-order chi connectivity index (χ1) is 7.89. The van der Waals surface area contributed by atoms with Crippen LogP contribution in [0.3, 0.4) is 0 Å². The van der Waals surface area contributed by atoms with E-state index in [2.05, 4.69) is 5.32 Å². The standard InChI is InChI=1S/C10H7ClF3NOS/c11-6-3-1-2-5(10(12,13)14)8(6)9(16)15-7-4-17-7/h1-3,7H,4H2,(H,15,16). The first-order valence-corrected chi connectivity index (χ1v) is 6.10. The molecule has 1 unspecified atom stereocenters. The minimum Gasteiger partial charge on any atom is -0.339 e. The normalized spacial score (nSPS) is 18.9. The number of thioether (sulfide) groups is 1. The highest BCUT2D eigenvalue weighted by Crippen LogP contribution is 2.35. The van der Waals surface area contributed by atoms with Crippen LogP contribution >= 0.6 is 23.4 Å². The van der Waals surface area contributed by atoms with Crippen molar-refractivity contribution < 1.29 is 18.0 Å². The van der Waals surface area contributed by atoms with E-state index in [-0.39, 0.29) is 10.4 Å². The Kier molecular flexibility index (Phi) is 3.27. The molecule has 0 aliphatic carbocycles. The lowest BCUT2D eigenvalue weighted by Crippen LogP contribution is -2.28. The van der Waals surface area contributed by atoms with Crippen LogP contribution < -0.4 is 5.32 Å². The van der Waals surface area contributed by atoms with Crippen LogP contribution in [0.15, 0.2) is 18.2 Å². The maximum Gasteiger partial charge on any atom is 0.417 e. The molecule has 1 aliphatic rings. The molecule has 1 N–H and O–H groups in total. The molecule has 7 heteroatoms. The largest absolute Gasteiger partial charge is 0.417 e. The van der Waals surface area contributed by atoms with Crippen LogP contribution in [0.5, 0.6) is 0 Å². The highest BCUT2D eigenvalue weighted by molar-refractivity contribution is 8.06. The Balaban J connectivity index is 2.39. The highest BCUT2D eigenvalue weighted by Gasteiger charge is 2.37. The molecule has 1 aromatic rings. The summed E-state index contributed by atoms with van der Waals surface area (Å²) in [5, 5.41) is 2.17. The summed E-state index contributed by atoms with van der Waals surface area (Å²) in [6.45, 7) is 0. The first-order valence-electron chi connectivity index (χ1n) is 4.68. The van der Waals surface area contributed by atoms with Gasteiger partial charge >= 0.3 is 6.18 Å². The van der Waals surface area contributed by atoms with Crippen molar-refractivity contribution in [2.24, 2.45) is 0 Å². The fourth-order valence-electron chi connectivity index (χ4n) is 1.34. The van der Waals surface area contributed by atoms with E-state index in [4.69, 9.17) is 11.6 Å². The molecule has 92 valence electrons. The molecule has 1 atom stereocenters. The molecule has 1 heterocycles. The van der Waals surface area contributed by atoms with Crippen LogP contribution in [-0.2, 0) is 6.18 Å². The second-order valence-electron chi connectivity index (χ2n) is 3.46. The quantitative estimate of drug-likeness (QED) is 0.844. The fraction of sp³-hybridized carbons (Fsp3) is 0.300. The second kappa shape index (κ2) is 4.42. The molecule has 2 nitrogen and oxygen atoms in total. The summed E-state index contributed by atoms with van der Waals surface area (Å²) in [5.74, 6) is -0.0599.